The topological polar surface area (TPSA) is 77.2 Å². The van der Waals surface area contributed by atoms with Crippen LogP contribution in [0.15, 0.2) is 18.3 Å². The highest BCUT2D eigenvalue weighted by molar-refractivity contribution is 5.67. The lowest BCUT2D eigenvalue weighted by molar-refractivity contribution is -0.136. The van der Waals surface area contributed by atoms with E-state index in [9.17, 15) is 4.79 Å². The van der Waals surface area contributed by atoms with Crippen LogP contribution in [0.2, 0.25) is 0 Å². The number of anilines is 1. The summed E-state index contributed by atoms with van der Waals surface area (Å²) in [6, 6.07) is 5.55. The van der Waals surface area contributed by atoms with Gasteiger partial charge in [-0.15, -0.1) is 0 Å². The molecule has 1 aromatic heterocycles. The molecule has 0 fully saturated rings. The van der Waals surface area contributed by atoms with Crippen LogP contribution >= 0.6 is 0 Å². The number of rotatable bonds is 5. The molecule has 0 bridgehead atoms. The van der Waals surface area contributed by atoms with Crippen molar-refractivity contribution in [1.82, 2.24) is 4.98 Å². The van der Waals surface area contributed by atoms with E-state index in [-0.39, 0.29) is 12.5 Å². The molecular weight excluding hydrogens is 218 g/mol. The summed E-state index contributed by atoms with van der Waals surface area (Å²) < 4.78 is 0. The van der Waals surface area contributed by atoms with Crippen LogP contribution in [0.25, 0.3) is 0 Å². The van der Waals surface area contributed by atoms with E-state index in [0.717, 1.165) is 5.69 Å². The highest BCUT2D eigenvalue weighted by atomic mass is 16.4. The summed E-state index contributed by atoms with van der Waals surface area (Å²) in [6.45, 7) is 4.40. The van der Waals surface area contributed by atoms with Gasteiger partial charge >= 0.3 is 5.97 Å². The van der Waals surface area contributed by atoms with E-state index < -0.39 is 5.97 Å². The third-order valence-electron chi connectivity index (χ3n) is 2.38. The van der Waals surface area contributed by atoms with Gasteiger partial charge in [0.25, 0.3) is 0 Å². The quantitative estimate of drug-likeness (QED) is 0.836. The highest BCUT2D eigenvalue weighted by Crippen LogP contribution is 2.16. The normalized spacial score (nSPS) is 10.0. The van der Waals surface area contributed by atoms with Crippen LogP contribution in [0.5, 0.6) is 0 Å². The molecule has 17 heavy (non-hydrogen) atoms. The van der Waals surface area contributed by atoms with Crippen LogP contribution in [0.4, 0.5) is 5.69 Å². The van der Waals surface area contributed by atoms with Crippen LogP contribution in [0.3, 0.4) is 0 Å². The monoisotopic (exact) mass is 233 g/mol. The SMILES string of the molecule is CC(C)N(CCC(=O)O)c1ccc(C#N)nc1. The van der Waals surface area contributed by atoms with Crippen molar-refractivity contribution in [3.05, 3.63) is 24.0 Å². The summed E-state index contributed by atoms with van der Waals surface area (Å²) in [5, 5.41) is 17.3. The lowest BCUT2D eigenvalue weighted by atomic mass is 10.2. The molecule has 0 aromatic carbocycles. The summed E-state index contributed by atoms with van der Waals surface area (Å²) in [5.41, 5.74) is 1.19. The Morgan fingerprint density at radius 1 is 1.59 bits per heavy atom. The van der Waals surface area contributed by atoms with Crippen molar-refractivity contribution in [2.75, 3.05) is 11.4 Å². The van der Waals surface area contributed by atoms with E-state index in [1.54, 1.807) is 18.3 Å². The second kappa shape index (κ2) is 5.85. The third-order valence-corrected chi connectivity index (χ3v) is 2.38. The highest BCUT2D eigenvalue weighted by Gasteiger charge is 2.12. The van der Waals surface area contributed by atoms with E-state index in [1.807, 2.05) is 24.8 Å². The van der Waals surface area contributed by atoms with E-state index in [4.69, 9.17) is 10.4 Å². The van der Waals surface area contributed by atoms with E-state index in [1.165, 1.54) is 0 Å². The number of aromatic nitrogens is 1. The lowest BCUT2D eigenvalue weighted by Gasteiger charge is -2.28. The van der Waals surface area contributed by atoms with Gasteiger partial charge in [-0.3, -0.25) is 4.79 Å². The number of aliphatic carboxylic acids is 1. The Morgan fingerprint density at radius 2 is 2.29 bits per heavy atom. The van der Waals surface area contributed by atoms with E-state index >= 15 is 0 Å². The molecule has 0 radical (unpaired) electrons. The maximum Gasteiger partial charge on any atom is 0.305 e. The maximum absolute atomic E-state index is 10.6. The minimum atomic E-state index is -0.822. The standard InChI is InChI=1S/C12H15N3O2/c1-9(2)15(6-5-12(16)17)11-4-3-10(7-13)14-8-11/h3-4,8-9H,5-6H2,1-2H3,(H,16,17). The van der Waals surface area contributed by atoms with Gasteiger partial charge in [0, 0.05) is 12.6 Å². The Hall–Kier alpha value is -2.09. The van der Waals surface area contributed by atoms with E-state index in [0.29, 0.717) is 12.2 Å². The van der Waals surface area contributed by atoms with Crippen LogP contribution in [0.1, 0.15) is 26.0 Å². The van der Waals surface area contributed by atoms with Crippen molar-refractivity contribution in [2.24, 2.45) is 0 Å². The molecule has 1 N–H and O–H groups in total. The lowest BCUT2D eigenvalue weighted by Crippen LogP contribution is -2.32. The van der Waals surface area contributed by atoms with Crippen molar-refractivity contribution in [1.29, 1.82) is 5.26 Å². The number of carbonyl (C=O) groups is 1. The fourth-order valence-corrected chi connectivity index (χ4v) is 1.52. The fraction of sp³-hybridized carbons (Fsp3) is 0.417. The number of carboxylic acids is 1. The number of pyridine rings is 1. The van der Waals surface area contributed by atoms with Gasteiger partial charge in [-0.05, 0) is 26.0 Å². The van der Waals surface area contributed by atoms with Gasteiger partial charge in [0.2, 0.25) is 0 Å². The molecule has 0 spiro atoms. The summed E-state index contributed by atoms with van der Waals surface area (Å²) in [4.78, 5) is 16.5. The zero-order chi connectivity index (χ0) is 12.8. The van der Waals surface area contributed by atoms with Gasteiger partial charge in [0.05, 0.1) is 18.3 Å². The molecule has 0 unspecified atom stereocenters. The molecule has 5 heteroatoms. The molecule has 0 saturated carbocycles. The molecule has 90 valence electrons. The second-order valence-corrected chi connectivity index (χ2v) is 3.94. The van der Waals surface area contributed by atoms with Gasteiger partial charge in [-0.1, -0.05) is 0 Å². The molecular formula is C12H15N3O2. The Balaban J connectivity index is 2.82. The van der Waals surface area contributed by atoms with Crippen molar-refractivity contribution < 1.29 is 9.90 Å². The van der Waals surface area contributed by atoms with Gasteiger partial charge in [0.1, 0.15) is 11.8 Å². The Bertz CT molecular complexity index is 420. The Kier molecular flexibility index (Phi) is 4.46. The average Bonchev–Trinajstić information content (AvgIpc) is 2.29. The predicted molar refractivity (Wildman–Crippen MR) is 63.7 cm³/mol. The second-order valence-electron chi connectivity index (χ2n) is 3.94. The molecule has 0 amide bonds. The first-order valence-electron chi connectivity index (χ1n) is 5.39. The summed E-state index contributed by atoms with van der Waals surface area (Å²) in [5.74, 6) is -0.822. The molecule has 1 rings (SSSR count). The molecule has 0 atom stereocenters. The van der Waals surface area contributed by atoms with E-state index in [2.05, 4.69) is 4.98 Å². The first-order valence-corrected chi connectivity index (χ1v) is 5.39. The minimum Gasteiger partial charge on any atom is -0.481 e. The molecule has 1 heterocycles. The number of nitrogens with zero attached hydrogens (tertiary/aromatic N) is 3. The smallest absolute Gasteiger partial charge is 0.305 e. The van der Waals surface area contributed by atoms with Crippen LogP contribution < -0.4 is 4.90 Å². The van der Waals surface area contributed by atoms with Crippen LogP contribution in [-0.4, -0.2) is 28.6 Å². The molecule has 0 saturated heterocycles. The van der Waals surface area contributed by atoms with Crippen molar-refractivity contribution in [3.8, 4) is 6.07 Å². The first-order chi connectivity index (χ1) is 8.04. The zero-order valence-electron chi connectivity index (χ0n) is 9.92. The molecule has 5 nitrogen and oxygen atoms in total. The maximum atomic E-state index is 10.6. The van der Waals surface area contributed by atoms with Gasteiger partial charge < -0.3 is 10.0 Å². The number of hydrogen-bond acceptors (Lipinski definition) is 4. The Labute approximate surface area is 100 Å². The summed E-state index contributed by atoms with van der Waals surface area (Å²) in [7, 11) is 0. The summed E-state index contributed by atoms with van der Waals surface area (Å²) in [6.07, 6.45) is 1.68. The fourth-order valence-electron chi connectivity index (χ4n) is 1.52. The number of nitriles is 1. The van der Waals surface area contributed by atoms with Crippen molar-refractivity contribution >= 4 is 11.7 Å². The molecule has 0 aliphatic heterocycles. The average molecular weight is 233 g/mol. The van der Waals surface area contributed by atoms with Crippen molar-refractivity contribution in [3.63, 3.8) is 0 Å². The van der Waals surface area contributed by atoms with Crippen LogP contribution in [0, 0.1) is 11.3 Å². The first kappa shape index (κ1) is 13.0. The van der Waals surface area contributed by atoms with Gasteiger partial charge in [-0.25, -0.2) is 4.98 Å². The van der Waals surface area contributed by atoms with Crippen molar-refractivity contribution in [2.45, 2.75) is 26.3 Å². The number of hydrogen-bond donors (Lipinski definition) is 1. The third kappa shape index (κ3) is 3.76. The molecule has 0 aliphatic rings. The Morgan fingerprint density at radius 3 is 2.71 bits per heavy atom. The molecule has 0 aliphatic carbocycles. The molecule has 1 aromatic rings. The summed E-state index contributed by atoms with van der Waals surface area (Å²) >= 11 is 0. The largest absolute Gasteiger partial charge is 0.481 e. The van der Waals surface area contributed by atoms with Crippen LogP contribution in [-0.2, 0) is 4.79 Å². The zero-order valence-corrected chi connectivity index (χ0v) is 9.92. The number of carboxylic acid groups (broad SMARTS) is 1. The van der Waals surface area contributed by atoms with Gasteiger partial charge in [-0.2, -0.15) is 5.26 Å². The predicted octanol–water partition coefficient (Wildman–Crippen LogP) is 1.64. The minimum absolute atomic E-state index is 0.0815. The van der Waals surface area contributed by atoms with Gasteiger partial charge in [0.15, 0.2) is 0 Å².